The minimum Gasteiger partial charge on any atom is -0.466 e. The number of rotatable bonds is 28. The van der Waals surface area contributed by atoms with Crippen LogP contribution in [0.4, 0.5) is 10.6 Å². The molecule has 0 radical (unpaired) electrons. The van der Waals surface area contributed by atoms with Gasteiger partial charge in [0.15, 0.2) is 12.0 Å². The number of nitrogens with zero attached hydrogens (tertiary/aromatic N) is 2. The molecule has 1 unspecified atom stereocenters. The largest absolute Gasteiger partial charge is 0.466 e. The van der Waals surface area contributed by atoms with E-state index in [1.54, 1.807) is 13.8 Å². The molecule has 0 aromatic carbocycles. The molecule has 7 atom stereocenters. The zero-order chi connectivity index (χ0) is 48.9. The fourth-order valence-corrected chi connectivity index (χ4v) is 10.9. The van der Waals surface area contributed by atoms with Crippen molar-refractivity contribution in [1.29, 1.82) is 0 Å². The molecule has 4 saturated heterocycles. The lowest BCUT2D eigenvalue weighted by Gasteiger charge is -2.42. The number of nitrogen functional groups attached to an aromatic ring is 1. The highest BCUT2D eigenvalue weighted by Crippen LogP contribution is 2.47. The molecule has 4 fully saturated rings. The summed E-state index contributed by atoms with van der Waals surface area (Å²) in [4.78, 5) is 64.6. The van der Waals surface area contributed by atoms with Crippen molar-refractivity contribution < 1.29 is 56.5 Å². The topological polar surface area (TPSA) is 251 Å². The second-order valence-corrected chi connectivity index (χ2v) is 21.1. The number of hydrogen-bond acceptors (Lipinski definition) is 17. The Hall–Kier alpha value is -3.48. The Morgan fingerprint density at radius 3 is 2.31 bits per heavy atom. The summed E-state index contributed by atoms with van der Waals surface area (Å²) in [6.07, 6.45) is 5.05. The van der Waals surface area contributed by atoms with Crippen molar-refractivity contribution in [2.24, 2.45) is 11.8 Å². The van der Waals surface area contributed by atoms with E-state index in [-0.39, 0.29) is 60.6 Å². The van der Waals surface area contributed by atoms with Gasteiger partial charge in [-0.2, -0.15) is 16.7 Å². The maximum Gasteiger partial charge on any atom is 0.351 e. The highest BCUT2D eigenvalue weighted by molar-refractivity contribution is 8.00. The summed E-state index contributed by atoms with van der Waals surface area (Å²) in [5, 5.41) is 12.1. The maximum atomic E-state index is 13.2. The van der Waals surface area contributed by atoms with E-state index < -0.39 is 52.5 Å². The maximum absolute atomic E-state index is 13.2. The normalized spacial score (nSPS) is 24.5. The molecule has 20 nitrogen and oxygen atoms in total. The zero-order valence-electron chi connectivity index (χ0n) is 40.4. The molecule has 0 aliphatic carbocycles. The van der Waals surface area contributed by atoms with Gasteiger partial charge in [-0.25, -0.2) is 14.4 Å². The number of carbonyl (C=O) groups excluding carboxylic acids is 4. The molecule has 5 heterocycles. The highest BCUT2D eigenvalue weighted by atomic mass is 32.2. The smallest absolute Gasteiger partial charge is 0.351 e. The first-order chi connectivity index (χ1) is 31.7. The number of nitrogens with two attached hydrogens (primary N) is 1. The number of amides is 4. The molecular weight excluding hydrogens is 911 g/mol. The number of carbonyl (C=O) groups is 4. The van der Waals surface area contributed by atoms with Crippen molar-refractivity contribution >= 4 is 59.5 Å². The fourth-order valence-electron chi connectivity index (χ4n) is 8.41. The molecule has 4 aliphatic rings. The fraction of sp³-hybridized carbons (Fsp3) is 0.778. The standard InChI is InChI=1S/C45H73N7O13S2/c1-27(2)45(28(3)4,61-25-31-37-38(64-44(7,8)63-37)40(62-31)52-24-29(14-15-35(55)58-9)39(46)51-42(52)57)67-65-43(5,6)17-16-34(54)48-19-21-60-23-22-59-20-18-47-33(53)13-11-10-12-32-36-30(26-66-32)49-41(56)50-36/h14-15,24,27-28,30-32,36-38,40H,10-13,16-23,25-26H2,1-9H3,(H,47,53)(H,48,54)(H2,46,51,57)(H2,49,50,56)/b15-14+/t30-,31?,32+,36-,37+,38+,40-/m1/s1. The van der Waals surface area contributed by atoms with E-state index in [0.717, 1.165) is 25.0 Å². The summed E-state index contributed by atoms with van der Waals surface area (Å²) in [6.45, 7) is 18.0. The van der Waals surface area contributed by atoms with Crippen LogP contribution in [0.15, 0.2) is 17.1 Å². The molecule has 6 N–H and O–H groups in total. The molecule has 4 amide bonds. The van der Waals surface area contributed by atoms with Crippen LogP contribution in [0.2, 0.25) is 0 Å². The summed E-state index contributed by atoms with van der Waals surface area (Å²) in [6, 6.07) is 0.328. The van der Waals surface area contributed by atoms with Gasteiger partial charge in [-0.3, -0.25) is 14.2 Å². The Morgan fingerprint density at radius 1 is 1.00 bits per heavy atom. The Labute approximate surface area is 402 Å². The predicted molar refractivity (Wildman–Crippen MR) is 254 cm³/mol. The number of anilines is 1. The molecule has 67 heavy (non-hydrogen) atoms. The van der Waals surface area contributed by atoms with E-state index in [1.165, 1.54) is 42.1 Å². The lowest BCUT2D eigenvalue weighted by molar-refractivity contribution is -0.207. The number of hydrogen-bond donors (Lipinski definition) is 5. The average Bonchev–Trinajstić information content (AvgIpc) is 4.00. The van der Waals surface area contributed by atoms with Gasteiger partial charge in [-0.05, 0) is 64.9 Å². The Morgan fingerprint density at radius 2 is 1.66 bits per heavy atom. The third kappa shape index (κ3) is 15.5. The second-order valence-electron chi connectivity index (χ2n) is 18.8. The van der Waals surface area contributed by atoms with Gasteiger partial charge < -0.3 is 64.3 Å². The third-order valence-electron chi connectivity index (χ3n) is 12.0. The minimum atomic E-state index is -0.974. The summed E-state index contributed by atoms with van der Waals surface area (Å²) in [5.41, 5.74) is 4.98. The van der Waals surface area contributed by atoms with Gasteiger partial charge in [0.2, 0.25) is 11.8 Å². The molecule has 0 spiro atoms. The summed E-state index contributed by atoms with van der Waals surface area (Å²) < 4.78 is 49.5. The van der Waals surface area contributed by atoms with Crippen LogP contribution in [-0.4, -0.2) is 144 Å². The Bertz CT molecular complexity index is 1910. The molecule has 5 rings (SSSR count). The van der Waals surface area contributed by atoms with E-state index in [2.05, 4.69) is 58.7 Å². The number of ether oxygens (including phenoxy) is 7. The van der Waals surface area contributed by atoms with Gasteiger partial charge in [0.25, 0.3) is 0 Å². The third-order valence-corrected chi connectivity index (χ3v) is 15.4. The van der Waals surface area contributed by atoms with Gasteiger partial charge in [-0.15, -0.1) is 0 Å². The van der Waals surface area contributed by atoms with Crippen molar-refractivity contribution in [2.45, 2.75) is 152 Å². The van der Waals surface area contributed by atoms with E-state index in [1.807, 2.05) is 25.6 Å². The van der Waals surface area contributed by atoms with Gasteiger partial charge >= 0.3 is 17.7 Å². The van der Waals surface area contributed by atoms with Crippen LogP contribution in [0.3, 0.4) is 0 Å². The van der Waals surface area contributed by atoms with Crippen molar-refractivity contribution in [3.05, 3.63) is 28.3 Å². The number of unbranched alkanes of at least 4 members (excludes halogenated alkanes) is 1. The molecular formula is C45H73N7O13S2. The number of esters is 1. The van der Waals surface area contributed by atoms with Gasteiger partial charge in [0, 0.05) is 66.8 Å². The van der Waals surface area contributed by atoms with Crippen LogP contribution in [-0.2, 0) is 51.7 Å². The molecule has 0 bridgehead atoms. The number of fused-ring (bicyclic) bond motifs is 2. The lowest BCUT2D eigenvalue weighted by Crippen LogP contribution is -2.45. The number of thioether (sulfide) groups is 1. The van der Waals surface area contributed by atoms with Crippen molar-refractivity contribution in [3.8, 4) is 0 Å². The van der Waals surface area contributed by atoms with Gasteiger partial charge in [-0.1, -0.05) is 34.1 Å². The Balaban J connectivity index is 0.978. The van der Waals surface area contributed by atoms with Gasteiger partial charge in [0.05, 0.1) is 57.8 Å². The van der Waals surface area contributed by atoms with E-state index >= 15 is 0 Å². The molecule has 1 aromatic rings. The Kier molecular flexibility index (Phi) is 20.2. The number of urea groups is 1. The molecule has 4 aliphatic heterocycles. The lowest BCUT2D eigenvalue weighted by atomic mass is 9.95. The highest BCUT2D eigenvalue weighted by Gasteiger charge is 2.57. The van der Waals surface area contributed by atoms with Crippen LogP contribution < -0.4 is 32.7 Å². The molecule has 378 valence electrons. The van der Waals surface area contributed by atoms with Crippen molar-refractivity contribution in [2.75, 3.05) is 64.7 Å². The predicted octanol–water partition coefficient (Wildman–Crippen LogP) is 3.67. The number of aromatic nitrogens is 2. The van der Waals surface area contributed by atoms with Crippen molar-refractivity contribution in [3.63, 3.8) is 0 Å². The van der Waals surface area contributed by atoms with Crippen LogP contribution in [0.25, 0.3) is 6.08 Å². The van der Waals surface area contributed by atoms with Crippen LogP contribution in [0.1, 0.15) is 106 Å². The van der Waals surface area contributed by atoms with Crippen LogP contribution >= 0.6 is 23.8 Å². The summed E-state index contributed by atoms with van der Waals surface area (Å²) >= 11 is 3.12. The first-order valence-corrected chi connectivity index (χ1v) is 25.1. The van der Waals surface area contributed by atoms with Crippen LogP contribution in [0, 0.1) is 11.8 Å². The summed E-state index contributed by atoms with van der Waals surface area (Å²) in [5.74, 6) is -0.869. The van der Waals surface area contributed by atoms with E-state index in [0.29, 0.717) is 63.2 Å². The average molecular weight is 984 g/mol. The zero-order valence-corrected chi connectivity index (χ0v) is 42.1. The second kappa shape index (κ2) is 24.9. The quantitative estimate of drug-likeness (QED) is 0.0201. The van der Waals surface area contributed by atoms with E-state index in [9.17, 15) is 24.0 Å². The number of nitrogens with one attached hydrogen (secondary N) is 4. The monoisotopic (exact) mass is 983 g/mol. The SMILES string of the molecule is COC(=O)/C=C/c1cn([C@@H]2OC(COC(SOC(C)(C)CCC(=O)NCCOCCOCCNC(=O)CCCC[C@@H]3SC[C@H]4NC(=O)N[C@@H]34)(C(C)C)C(C)C)[C@@H]3OC(C)(C)O[C@H]23)c(=O)nc1N. The van der Waals surface area contributed by atoms with E-state index in [4.69, 9.17) is 38.3 Å². The number of methoxy groups -OCH3 is 1. The minimum absolute atomic E-state index is 0.00363. The first kappa shape index (κ1) is 54.5. The van der Waals surface area contributed by atoms with Gasteiger partial charge in [0.1, 0.15) is 29.1 Å². The molecule has 1 aromatic heterocycles. The summed E-state index contributed by atoms with van der Waals surface area (Å²) in [7, 11) is 1.25. The first-order valence-electron chi connectivity index (χ1n) is 23.3. The van der Waals surface area contributed by atoms with Crippen LogP contribution in [0.5, 0.6) is 0 Å². The molecule has 0 saturated carbocycles. The van der Waals surface area contributed by atoms with Crippen molar-refractivity contribution in [1.82, 2.24) is 30.8 Å². The molecule has 22 heteroatoms.